The van der Waals surface area contributed by atoms with Gasteiger partial charge >= 0.3 is 5.97 Å². The zero-order valence-corrected chi connectivity index (χ0v) is 13.1. The highest BCUT2D eigenvalue weighted by molar-refractivity contribution is 7.14. The van der Waals surface area contributed by atoms with Crippen LogP contribution < -0.4 is 0 Å². The molecule has 2 atom stereocenters. The predicted molar refractivity (Wildman–Crippen MR) is 81.8 cm³/mol. The molecule has 4 nitrogen and oxygen atoms in total. The zero-order chi connectivity index (χ0) is 15.0. The van der Waals surface area contributed by atoms with Crippen molar-refractivity contribution in [3.63, 3.8) is 0 Å². The number of fused-ring (bicyclic) bond motifs is 1. The van der Waals surface area contributed by atoms with Crippen molar-refractivity contribution in [2.45, 2.75) is 51.5 Å². The van der Waals surface area contributed by atoms with Gasteiger partial charge < -0.3 is 10.0 Å². The van der Waals surface area contributed by atoms with Gasteiger partial charge in [-0.25, -0.2) is 0 Å². The number of nitrogens with zero attached hydrogens (tertiary/aromatic N) is 1. The molecular formula is C16H21NO3S. The maximum atomic E-state index is 12.7. The van der Waals surface area contributed by atoms with Crippen molar-refractivity contribution in [2.75, 3.05) is 6.54 Å². The third-order valence-electron chi connectivity index (χ3n) is 4.70. The fourth-order valence-corrected chi connectivity index (χ4v) is 4.54. The lowest BCUT2D eigenvalue weighted by Crippen LogP contribution is -2.47. The number of hydrogen-bond acceptors (Lipinski definition) is 3. The zero-order valence-electron chi connectivity index (χ0n) is 12.3. The number of aryl methyl sites for hydroxylation is 2. The third-order valence-corrected chi connectivity index (χ3v) is 5.92. The number of carboxylic acid groups (broad SMARTS) is 1. The highest BCUT2D eigenvalue weighted by atomic mass is 32.1. The Balaban J connectivity index is 1.79. The summed E-state index contributed by atoms with van der Waals surface area (Å²) in [6, 6.07) is 2.17. The van der Waals surface area contributed by atoms with Gasteiger partial charge in [-0.1, -0.05) is 0 Å². The number of rotatable bonds is 2. The van der Waals surface area contributed by atoms with Gasteiger partial charge in [0.1, 0.15) is 0 Å². The smallest absolute Gasteiger partial charge is 0.308 e. The number of amides is 1. The normalized spacial score (nSPS) is 25.5. The van der Waals surface area contributed by atoms with Crippen molar-refractivity contribution in [3.05, 3.63) is 21.4 Å². The Bertz CT molecular complexity index is 542. The lowest BCUT2D eigenvalue weighted by molar-refractivity contribution is -0.143. The summed E-state index contributed by atoms with van der Waals surface area (Å²) in [5.41, 5.74) is 1.33. The number of hydrogen-bond donors (Lipinski definition) is 1. The van der Waals surface area contributed by atoms with Crippen molar-refractivity contribution in [2.24, 2.45) is 5.92 Å². The number of carbonyl (C=O) groups is 2. The molecule has 1 saturated heterocycles. The van der Waals surface area contributed by atoms with Crippen LogP contribution in [0.3, 0.4) is 0 Å². The number of carboxylic acids is 1. The van der Waals surface area contributed by atoms with Gasteiger partial charge in [0.05, 0.1) is 10.8 Å². The molecule has 0 spiro atoms. The molecule has 3 rings (SSSR count). The van der Waals surface area contributed by atoms with Gasteiger partial charge in [-0.3, -0.25) is 9.59 Å². The van der Waals surface area contributed by atoms with E-state index in [0.717, 1.165) is 24.1 Å². The molecule has 114 valence electrons. The minimum Gasteiger partial charge on any atom is -0.481 e. The number of piperidine rings is 1. The molecule has 1 aromatic heterocycles. The van der Waals surface area contributed by atoms with E-state index >= 15 is 0 Å². The molecule has 2 aliphatic rings. The van der Waals surface area contributed by atoms with Crippen LogP contribution in [0.4, 0.5) is 0 Å². The van der Waals surface area contributed by atoms with Gasteiger partial charge in [0.25, 0.3) is 5.91 Å². The van der Waals surface area contributed by atoms with Crippen LogP contribution in [0, 0.1) is 5.92 Å². The molecule has 2 unspecified atom stereocenters. The SMILES string of the molecule is CC1CCC(C(=O)O)CN1C(=O)c1cc2c(s1)CCCC2. The summed E-state index contributed by atoms with van der Waals surface area (Å²) in [6.45, 7) is 2.36. The summed E-state index contributed by atoms with van der Waals surface area (Å²) < 4.78 is 0. The van der Waals surface area contributed by atoms with E-state index < -0.39 is 11.9 Å². The molecule has 0 aromatic carbocycles. The van der Waals surface area contributed by atoms with Crippen molar-refractivity contribution < 1.29 is 14.7 Å². The lowest BCUT2D eigenvalue weighted by atomic mass is 9.93. The second kappa shape index (κ2) is 5.79. The largest absolute Gasteiger partial charge is 0.481 e. The quantitative estimate of drug-likeness (QED) is 0.914. The summed E-state index contributed by atoms with van der Waals surface area (Å²) in [4.78, 5) is 27.8. The van der Waals surface area contributed by atoms with Crippen LogP contribution in [-0.4, -0.2) is 34.5 Å². The van der Waals surface area contributed by atoms with E-state index in [9.17, 15) is 14.7 Å². The number of likely N-dealkylation sites (tertiary alicyclic amines) is 1. The maximum Gasteiger partial charge on any atom is 0.308 e. The van der Waals surface area contributed by atoms with Crippen molar-refractivity contribution in [1.82, 2.24) is 4.90 Å². The molecule has 1 N–H and O–H groups in total. The molecule has 0 saturated carbocycles. The first-order chi connectivity index (χ1) is 10.1. The first-order valence-electron chi connectivity index (χ1n) is 7.71. The first-order valence-corrected chi connectivity index (χ1v) is 8.53. The molecule has 0 bridgehead atoms. The Morgan fingerprint density at radius 3 is 2.76 bits per heavy atom. The summed E-state index contributed by atoms with van der Waals surface area (Å²) >= 11 is 1.61. The molecule has 1 aliphatic heterocycles. The Morgan fingerprint density at radius 2 is 2.05 bits per heavy atom. The topological polar surface area (TPSA) is 57.6 Å². The Labute approximate surface area is 128 Å². The minimum atomic E-state index is -0.787. The van der Waals surface area contributed by atoms with E-state index in [-0.39, 0.29) is 11.9 Å². The Kier molecular flexibility index (Phi) is 4.02. The molecule has 2 heterocycles. The third kappa shape index (κ3) is 2.84. The van der Waals surface area contributed by atoms with Crippen molar-refractivity contribution >= 4 is 23.2 Å². The highest BCUT2D eigenvalue weighted by Crippen LogP contribution is 2.32. The Morgan fingerprint density at radius 1 is 1.29 bits per heavy atom. The lowest BCUT2D eigenvalue weighted by Gasteiger charge is -2.36. The molecule has 21 heavy (non-hydrogen) atoms. The average molecular weight is 307 g/mol. The minimum absolute atomic E-state index is 0.0212. The first kappa shape index (κ1) is 14.6. The van der Waals surface area contributed by atoms with Gasteiger partial charge in [-0.05, 0) is 57.1 Å². The van der Waals surface area contributed by atoms with Crippen LogP contribution in [0.1, 0.15) is 52.7 Å². The number of aliphatic carboxylic acids is 1. The second-order valence-electron chi connectivity index (χ2n) is 6.19. The van der Waals surface area contributed by atoms with E-state index in [4.69, 9.17) is 0 Å². The summed E-state index contributed by atoms with van der Waals surface area (Å²) in [5, 5.41) is 9.19. The van der Waals surface area contributed by atoms with Gasteiger partial charge in [0.15, 0.2) is 0 Å². The van der Waals surface area contributed by atoms with E-state index in [1.165, 1.54) is 23.3 Å². The van der Waals surface area contributed by atoms with E-state index in [0.29, 0.717) is 13.0 Å². The van der Waals surface area contributed by atoms with E-state index in [1.54, 1.807) is 16.2 Å². The fourth-order valence-electron chi connectivity index (χ4n) is 3.33. The number of thiophene rings is 1. The van der Waals surface area contributed by atoms with Crippen molar-refractivity contribution in [3.8, 4) is 0 Å². The molecule has 0 radical (unpaired) electrons. The second-order valence-corrected chi connectivity index (χ2v) is 7.32. The Hall–Kier alpha value is -1.36. The van der Waals surface area contributed by atoms with Gasteiger partial charge in [-0.2, -0.15) is 0 Å². The molecular weight excluding hydrogens is 286 g/mol. The van der Waals surface area contributed by atoms with Crippen LogP contribution in [0.25, 0.3) is 0 Å². The van der Waals surface area contributed by atoms with Gasteiger partial charge in [0.2, 0.25) is 0 Å². The summed E-state index contributed by atoms with van der Waals surface area (Å²) in [6.07, 6.45) is 6.02. The highest BCUT2D eigenvalue weighted by Gasteiger charge is 2.33. The van der Waals surface area contributed by atoms with Crippen LogP contribution in [0.5, 0.6) is 0 Å². The van der Waals surface area contributed by atoms with Crippen LogP contribution in [0.2, 0.25) is 0 Å². The fraction of sp³-hybridized carbons (Fsp3) is 0.625. The monoisotopic (exact) mass is 307 g/mol. The standard InChI is InChI=1S/C16H21NO3S/c1-10-6-7-12(16(19)20)9-17(10)15(18)14-8-11-4-2-3-5-13(11)21-14/h8,10,12H,2-7,9H2,1H3,(H,19,20). The predicted octanol–water partition coefficient (Wildman–Crippen LogP) is 2.95. The van der Waals surface area contributed by atoms with Gasteiger partial charge in [-0.15, -0.1) is 11.3 Å². The van der Waals surface area contributed by atoms with E-state index in [1.807, 2.05) is 13.0 Å². The van der Waals surface area contributed by atoms with E-state index in [2.05, 4.69) is 0 Å². The summed E-state index contributed by atoms with van der Waals surface area (Å²) in [7, 11) is 0. The van der Waals surface area contributed by atoms with Crippen molar-refractivity contribution in [1.29, 1.82) is 0 Å². The van der Waals surface area contributed by atoms with Crippen LogP contribution >= 0.6 is 11.3 Å². The molecule has 1 fully saturated rings. The van der Waals surface area contributed by atoms with Crippen LogP contribution in [-0.2, 0) is 17.6 Å². The molecule has 1 aliphatic carbocycles. The molecule has 5 heteroatoms. The van der Waals surface area contributed by atoms with Gasteiger partial charge in [0, 0.05) is 17.5 Å². The maximum absolute atomic E-state index is 12.7. The molecule has 1 amide bonds. The number of carbonyl (C=O) groups excluding carboxylic acids is 1. The molecule has 1 aromatic rings. The average Bonchev–Trinajstić information content (AvgIpc) is 2.90. The van der Waals surface area contributed by atoms with Crippen LogP contribution in [0.15, 0.2) is 6.07 Å². The summed E-state index contributed by atoms with van der Waals surface area (Å²) in [5.74, 6) is -1.18.